The molecule has 1 saturated heterocycles. The molecule has 2 aromatic carbocycles. The van der Waals surface area contributed by atoms with Crippen molar-refractivity contribution in [1.29, 1.82) is 0 Å². The predicted molar refractivity (Wildman–Crippen MR) is 291 cm³/mol. The minimum atomic E-state index is -1.52. The van der Waals surface area contributed by atoms with E-state index < -0.39 is 96.1 Å². The Bertz CT molecular complexity index is 2460. The maximum Gasteiger partial charge on any atom is 0.329 e. The van der Waals surface area contributed by atoms with Crippen LogP contribution in [0, 0.1) is 23.7 Å². The fourth-order valence-electron chi connectivity index (χ4n) is 9.46. The van der Waals surface area contributed by atoms with Crippen LogP contribution in [0.25, 0.3) is 0 Å². The van der Waals surface area contributed by atoms with Gasteiger partial charge in [-0.2, -0.15) is 0 Å². The summed E-state index contributed by atoms with van der Waals surface area (Å²) in [4.78, 5) is 126. The molecule has 1 aliphatic heterocycles. The van der Waals surface area contributed by atoms with E-state index in [1.54, 1.807) is 36.5 Å². The Morgan fingerprint density at radius 3 is 1.12 bits per heavy atom. The summed E-state index contributed by atoms with van der Waals surface area (Å²) in [6, 6.07) is 11.3. The van der Waals surface area contributed by atoms with E-state index >= 15 is 0 Å². The number of likely N-dealkylation sites (N-methyl/N-ethyl adjacent to an activating group) is 4. The summed E-state index contributed by atoms with van der Waals surface area (Å²) in [6.07, 6.45) is -2.09. The average molecular weight is 1070 g/mol. The van der Waals surface area contributed by atoms with Crippen LogP contribution >= 0.6 is 0 Å². The monoisotopic (exact) mass is 1070 g/mol. The van der Waals surface area contributed by atoms with Crippen LogP contribution in [0.5, 0.6) is 0 Å². The number of hydrogen-bond donors (Lipinski definition) is 0. The molecule has 1 aromatic heterocycles. The molecular formula is C59H86N6O12. The van der Waals surface area contributed by atoms with Gasteiger partial charge in [-0.3, -0.25) is 19.2 Å². The Hall–Kier alpha value is -6.59. The number of nitrogens with zero attached hydrogens (tertiary/aromatic N) is 6. The molecule has 0 unspecified atom stereocenters. The first-order valence-electron chi connectivity index (χ1n) is 27.1. The highest BCUT2D eigenvalue weighted by Gasteiger charge is 2.43. The fraction of sp³-hybridized carbons (Fsp3) is 0.610. The predicted octanol–water partition coefficient (Wildman–Crippen LogP) is 7.03. The van der Waals surface area contributed by atoms with E-state index in [-0.39, 0.29) is 68.1 Å². The molecule has 3 aromatic rings. The minimum absolute atomic E-state index is 0.0882. The molecule has 0 bridgehead atoms. The highest BCUT2D eigenvalue weighted by molar-refractivity contribution is 5.94. The molecule has 1 aliphatic rings. The number of rotatable bonds is 15. The largest absolute Gasteiger partial charge is 0.451 e. The number of hydrogen-bond acceptors (Lipinski definition) is 13. The summed E-state index contributed by atoms with van der Waals surface area (Å²) in [7, 11) is 5.59. The smallest absolute Gasteiger partial charge is 0.329 e. The molecule has 18 nitrogen and oxygen atoms in total. The van der Waals surface area contributed by atoms with Crippen LogP contribution in [0.4, 0.5) is 0 Å². The fourth-order valence-corrected chi connectivity index (χ4v) is 9.46. The van der Waals surface area contributed by atoms with E-state index in [1.807, 2.05) is 85.9 Å². The van der Waals surface area contributed by atoms with Gasteiger partial charge in [0.2, 0.25) is 0 Å². The van der Waals surface area contributed by atoms with E-state index in [4.69, 9.17) is 18.9 Å². The topological polar surface area (TPSA) is 204 Å². The van der Waals surface area contributed by atoms with Crippen LogP contribution < -0.4 is 0 Å². The van der Waals surface area contributed by atoms with Crippen molar-refractivity contribution < 1.29 is 57.3 Å². The number of cyclic esters (lactones) is 4. The van der Waals surface area contributed by atoms with Crippen LogP contribution in [0.3, 0.4) is 0 Å². The molecule has 0 saturated carbocycles. The first kappa shape index (κ1) is 62.9. The molecule has 0 radical (unpaired) electrons. The second-order valence-electron chi connectivity index (χ2n) is 22.7. The molecule has 77 heavy (non-hydrogen) atoms. The summed E-state index contributed by atoms with van der Waals surface area (Å²) < 4.78 is 26.1. The van der Waals surface area contributed by atoms with Crippen molar-refractivity contribution in [2.24, 2.45) is 23.7 Å². The van der Waals surface area contributed by atoms with Crippen LogP contribution in [0.1, 0.15) is 137 Å². The lowest BCUT2D eigenvalue weighted by atomic mass is 9.99. The van der Waals surface area contributed by atoms with Gasteiger partial charge in [-0.25, -0.2) is 24.2 Å². The minimum Gasteiger partial charge on any atom is -0.451 e. The van der Waals surface area contributed by atoms with Gasteiger partial charge in [0.05, 0.1) is 0 Å². The van der Waals surface area contributed by atoms with Gasteiger partial charge in [-0.1, -0.05) is 124 Å². The number of amides is 4. The zero-order valence-electron chi connectivity index (χ0n) is 48.4. The zero-order valence-corrected chi connectivity index (χ0v) is 48.4. The molecular weight excluding hydrogens is 985 g/mol. The molecule has 0 N–H and O–H groups in total. The molecule has 1 fully saturated rings. The lowest BCUT2D eigenvalue weighted by Crippen LogP contribution is -2.55. The Morgan fingerprint density at radius 2 is 0.766 bits per heavy atom. The number of ether oxygens (including phenoxy) is 4. The van der Waals surface area contributed by atoms with Crippen molar-refractivity contribution >= 4 is 47.5 Å². The van der Waals surface area contributed by atoms with Crippen LogP contribution in [-0.4, -0.2) is 153 Å². The summed E-state index contributed by atoms with van der Waals surface area (Å²) in [5.41, 5.74) is 2.23. The van der Waals surface area contributed by atoms with Crippen molar-refractivity contribution in [2.75, 3.05) is 28.2 Å². The highest BCUT2D eigenvalue weighted by atomic mass is 16.6. The zero-order chi connectivity index (χ0) is 57.6. The molecule has 8 atom stereocenters. The Balaban J connectivity index is 1.86. The van der Waals surface area contributed by atoms with Crippen molar-refractivity contribution in [2.45, 2.75) is 183 Å². The summed E-state index contributed by atoms with van der Waals surface area (Å²) in [6.45, 7) is 22.2. The Kier molecular flexibility index (Phi) is 23.5. The highest BCUT2D eigenvalue weighted by Crippen LogP contribution is 2.25. The van der Waals surface area contributed by atoms with Crippen molar-refractivity contribution in [3.8, 4) is 0 Å². The second kappa shape index (κ2) is 28.7. The number of carbonyl (C=O) groups is 8. The van der Waals surface area contributed by atoms with Gasteiger partial charge in [-0.05, 0) is 79.9 Å². The lowest BCUT2D eigenvalue weighted by Gasteiger charge is -2.35. The number of benzene rings is 2. The van der Waals surface area contributed by atoms with Gasteiger partial charge in [0, 0.05) is 65.9 Å². The van der Waals surface area contributed by atoms with E-state index in [0.717, 1.165) is 26.1 Å². The van der Waals surface area contributed by atoms with Crippen molar-refractivity contribution in [1.82, 2.24) is 29.2 Å². The van der Waals surface area contributed by atoms with Crippen LogP contribution in [0.2, 0.25) is 0 Å². The quantitative estimate of drug-likeness (QED) is 0.111. The average Bonchev–Trinajstić information content (AvgIpc) is 3.84. The number of imidazole rings is 1. The lowest BCUT2D eigenvalue weighted by molar-refractivity contribution is -0.176. The third-order valence-corrected chi connectivity index (χ3v) is 13.8. The van der Waals surface area contributed by atoms with Crippen molar-refractivity contribution in [3.05, 3.63) is 89.5 Å². The van der Waals surface area contributed by atoms with Gasteiger partial charge in [0.15, 0.2) is 24.4 Å². The van der Waals surface area contributed by atoms with Gasteiger partial charge in [0.1, 0.15) is 30.0 Å². The van der Waals surface area contributed by atoms with E-state index in [2.05, 4.69) is 23.4 Å². The van der Waals surface area contributed by atoms with Gasteiger partial charge in [-0.15, -0.1) is 0 Å². The third kappa shape index (κ3) is 17.7. The summed E-state index contributed by atoms with van der Waals surface area (Å²) in [5, 5.41) is 0. The molecule has 424 valence electrons. The van der Waals surface area contributed by atoms with E-state index in [9.17, 15) is 38.4 Å². The maximum atomic E-state index is 15.0. The number of aromatic nitrogens is 2. The number of esters is 4. The van der Waals surface area contributed by atoms with Gasteiger partial charge < -0.3 is 43.1 Å². The normalized spacial score (nSPS) is 23.8. The van der Waals surface area contributed by atoms with Gasteiger partial charge >= 0.3 is 23.9 Å². The maximum absolute atomic E-state index is 15.0. The first-order chi connectivity index (χ1) is 36.1. The molecule has 0 spiro atoms. The summed E-state index contributed by atoms with van der Waals surface area (Å²) in [5.74, 6) is -6.14. The molecule has 4 rings (SSSR count). The standard InChI is InChI=1S/C59H86N6O12/c1-35(2)28-45-56(70)74-41(12)53(67)62(14)48(31-38(7)8)59(73)77-50(33-43-22-24-44(25-23-43)34-65-27-26-60-51(65)39(9)10)55(69)64(16)46(29-36(3)4)57(71)75-40(11)52(66)61(13)47(30-37(5)6)58(72)76-49(54(68)63(45)15)32-42-20-18-17-19-21-42/h17-27,35-41,45-50H,28-34H2,1-16H3/t40-,41-,45+,46+,47+,48+,49-,50-/m1/s1. The first-order valence-corrected chi connectivity index (χ1v) is 27.1. The van der Waals surface area contributed by atoms with Crippen LogP contribution in [-0.2, 0) is 76.7 Å². The van der Waals surface area contributed by atoms with E-state index in [1.165, 1.54) is 46.9 Å². The SMILES string of the molecule is CC(C)C[C@H]1C(=O)O[C@H](Cc2ccc(Cn3ccnc3C(C)C)cc2)C(=O)N(C)[C@@H](CC(C)C)C(=O)O[C@H](C)C(=O)N(C)[C@@H](CC(C)C)C(=O)O[C@H](Cc2ccccc2)C(=O)N(C)[C@@H](CC(C)C)C(=O)O[C@H](C)C(=O)N1C. The Labute approximate surface area is 456 Å². The molecule has 18 heteroatoms. The number of carbonyl (C=O) groups excluding carboxylic acids is 8. The van der Waals surface area contributed by atoms with Crippen molar-refractivity contribution in [3.63, 3.8) is 0 Å². The molecule has 0 aliphatic carbocycles. The van der Waals surface area contributed by atoms with Crippen LogP contribution in [0.15, 0.2) is 67.0 Å². The van der Waals surface area contributed by atoms with Gasteiger partial charge in [0.25, 0.3) is 23.6 Å². The molecule has 2 heterocycles. The third-order valence-electron chi connectivity index (χ3n) is 13.8. The Morgan fingerprint density at radius 1 is 0.442 bits per heavy atom. The molecule has 4 amide bonds. The summed E-state index contributed by atoms with van der Waals surface area (Å²) >= 11 is 0. The second-order valence-corrected chi connectivity index (χ2v) is 22.7. The van der Waals surface area contributed by atoms with E-state index in [0.29, 0.717) is 17.7 Å².